The molecule has 0 aliphatic heterocycles. The van der Waals surface area contributed by atoms with Gasteiger partial charge in [-0.15, -0.1) is 0 Å². The lowest BCUT2D eigenvalue weighted by Crippen LogP contribution is -2.17. The summed E-state index contributed by atoms with van der Waals surface area (Å²) in [5.41, 5.74) is 5.18. The van der Waals surface area contributed by atoms with E-state index in [-0.39, 0.29) is 0 Å². The van der Waals surface area contributed by atoms with Gasteiger partial charge >= 0.3 is 0 Å². The second-order valence-electron chi connectivity index (χ2n) is 3.67. The Morgan fingerprint density at radius 1 is 1.21 bits per heavy atom. The number of carbonyl (C=O) groups excluding carboxylic acids is 1. The summed E-state index contributed by atoms with van der Waals surface area (Å²) in [6.45, 7) is 7.52. The Morgan fingerprint density at radius 3 is 2.29 bits per heavy atom. The van der Waals surface area contributed by atoms with Crippen molar-refractivity contribution >= 4 is 6.29 Å². The van der Waals surface area contributed by atoms with Gasteiger partial charge in [0.2, 0.25) is 0 Å². The fourth-order valence-corrected chi connectivity index (χ4v) is 1.74. The van der Waals surface area contributed by atoms with Crippen molar-refractivity contribution in [2.45, 2.75) is 27.3 Å². The predicted molar refractivity (Wildman–Crippen MR) is 58.4 cm³/mol. The zero-order valence-electron chi connectivity index (χ0n) is 9.05. The van der Waals surface area contributed by atoms with E-state index in [1.165, 1.54) is 22.3 Å². The maximum Gasteiger partial charge on any atom is 0.133 e. The van der Waals surface area contributed by atoms with Crippen molar-refractivity contribution in [1.82, 2.24) is 5.32 Å². The number of hydrogen-bond donors (Lipinski definition) is 1. The zero-order valence-corrected chi connectivity index (χ0v) is 9.05. The fourth-order valence-electron chi connectivity index (χ4n) is 1.74. The molecule has 0 radical (unpaired) electrons. The monoisotopic (exact) mass is 191 g/mol. The Bertz CT molecular complexity index is 308. The van der Waals surface area contributed by atoms with Gasteiger partial charge in [-0.05, 0) is 37.5 Å². The first-order valence-corrected chi connectivity index (χ1v) is 4.86. The summed E-state index contributed by atoms with van der Waals surface area (Å²) in [5.74, 6) is 0. The second kappa shape index (κ2) is 4.91. The number of aryl methyl sites for hydroxylation is 3. The van der Waals surface area contributed by atoms with E-state index in [2.05, 4.69) is 38.2 Å². The summed E-state index contributed by atoms with van der Waals surface area (Å²) in [6.07, 6.45) is 0.888. The Hall–Kier alpha value is -1.15. The first-order chi connectivity index (χ1) is 6.65. The highest BCUT2D eigenvalue weighted by atomic mass is 16.1. The molecule has 0 aliphatic carbocycles. The van der Waals surface area contributed by atoms with Crippen LogP contribution in [0.4, 0.5) is 0 Å². The van der Waals surface area contributed by atoms with Crippen molar-refractivity contribution in [2.24, 2.45) is 0 Å². The van der Waals surface area contributed by atoms with E-state index in [4.69, 9.17) is 0 Å². The number of carbonyl (C=O) groups is 1. The predicted octanol–water partition coefficient (Wildman–Crippen LogP) is 1.90. The van der Waals surface area contributed by atoms with E-state index in [0.717, 1.165) is 12.8 Å². The summed E-state index contributed by atoms with van der Waals surface area (Å²) in [6, 6.07) is 4.34. The minimum atomic E-state index is 0.423. The molecule has 0 unspecified atom stereocenters. The summed E-state index contributed by atoms with van der Waals surface area (Å²) in [4.78, 5) is 10.2. The third-order valence-electron chi connectivity index (χ3n) is 2.37. The minimum absolute atomic E-state index is 0.423. The van der Waals surface area contributed by atoms with Crippen LogP contribution in [-0.4, -0.2) is 12.8 Å². The molecule has 0 amide bonds. The largest absolute Gasteiger partial charge is 0.306 e. The molecule has 0 saturated heterocycles. The third-order valence-corrected chi connectivity index (χ3v) is 2.37. The van der Waals surface area contributed by atoms with Gasteiger partial charge in [0.05, 0.1) is 6.54 Å². The van der Waals surface area contributed by atoms with E-state index >= 15 is 0 Å². The molecule has 0 heterocycles. The average Bonchev–Trinajstić information content (AvgIpc) is 2.09. The lowest BCUT2D eigenvalue weighted by atomic mass is 10.00. The van der Waals surface area contributed by atoms with Crippen molar-refractivity contribution in [3.63, 3.8) is 0 Å². The van der Waals surface area contributed by atoms with E-state index in [0.29, 0.717) is 6.54 Å². The van der Waals surface area contributed by atoms with Crippen LogP contribution < -0.4 is 5.32 Å². The van der Waals surface area contributed by atoms with E-state index in [9.17, 15) is 4.79 Å². The molecule has 2 heteroatoms. The van der Waals surface area contributed by atoms with Gasteiger partial charge in [0.25, 0.3) is 0 Å². The van der Waals surface area contributed by atoms with Gasteiger partial charge in [0, 0.05) is 6.54 Å². The molecule has 1 rings (SSSR count). The van der Waals surface area contributed by atoms with Crippen LogP contribution in [-0.2, 0) is 11.3 Å². The van der Waals surface area contributed by atoms with Crippen molar-refractivity contribution in [1.29, 1.82) is 0 Å². The molecular weight excluding hydrogens is 174 g/mol. The lowest BCUT2D eigenvalue weighted by Gasteiger charge is -2.11. The number of nitrogens with one attached hydrogen (secondary N) is 1. The van der Waals surface area contributed by atoms with Crippen LogP contribution in [0.5, 0.6) is 0 Å². The SMILES string of the molecule is Cc1cc(C)c(CNCC=O)c(C)c1. The van der Waals surface area contributed by atoms with Gasteiger partial charge in [-0.1, -0.05) is 17.7 Å². The quantitative estimate of drug-likeness (QED) is 0.581. The molecule has 14 heavy (non-hydrogen) atoms. The van der Waals surface area contributed by atoms with Gasteiger partial charge in [0.1, 0.15) is 6.29 Å². The summed E-state index contributed by atoms with van der Waals surface area (Å²) in [7, 11) is 0. The molecule has 0 aromatic heterocycles. The van der Waals surface area contributed by atoms with Crippen LogP contribution >= 0.6 is 0 Å². The molecule has 76 valence electrons. The standard InChI is InChI=1S/C12H17NO/c1-9-6-10(2)12(11(3)7-9)8-13-4-5-14/h5-7,13H,4,8H2,1-3H3. The van der Waals surface area contributed by atoms with Crippen LogP contribution in [0.25, 0.3) is 0 Å². The third kappa shape index (κ3) is 2.67. The number of aldehydes is 1. The zero-order chi connectivity index (χ0) is 10.6. The van der Waals surface area contributed by atoms with Crippen molar-refractivity contribution < 1.29 is 4.79 Å². The molecule has 0 bridgehead atoms. The Labute approximate surface area is 85.3 Å². The highest BCUT2D eigenvalue weighted by Crippen LogP contribution is 2.15. The molecule has 0 fully saturated rings. The van der Waals surface area contributed by atoms with Crippen molar-refractivity contribution in [3.8, 4) is 0 Å². The Morgan fingerprint density at radius 2 is 1.79 bits per heavy atom. The molecule has 0 aliphatic rings. The minimum Gasteiger partial charge on any atom is -0.306 e. The molecule has 2 nitrogen and oxygen atoms in total. The number of hydrogen-bond acceptors (Lipinski definition) is 2. The molecule has 0 spiro atoms. The fraction of sp³-hybridized carbons (Fsp3) is 0.417. The first kappa shape index (κ1) is 10.9. The molecule has 1 N–H and O–H groups in total. The molecule has 1 aromatic carbocycles. The smallest absolute Gasteiger partial charge is 0.133 e. The maximum atomic E-state index is 10.2. The molecule has 0 atom stereocenters. The van der Waals surface area contributed by atoms with Gasteiger partial charge < -0.3 is 10.1 Å². The number of rotatable bonds is 4. The normalized spacial score (nSPS) is 10.2. The molecule has 0 saturated carbocycles. The second-order valence-corrected chi connectivity index (χ2v) is 3.67. The Balaban J connectivity index is 2.80. The molecule has 1 aromatic rings. The summed E-state index contributed by atoms with van der Waals surface area (Å²) < 4.78 is 0. The van der Waals surface area contributed by atoms with Crippen molar-refractivity contribution in [2.75, 3.05) is 6.54 Å². The van der Waals surface area contributed by atoms with E-state index in [1.807, 2.05) is 0 Å². The molecular formula is C12H17NO. The van der Waals surface area contributed by atoms with E-state index in [1.54, 1.807) is 0 Å². The summed E-state index contributed by atoms with van der Waals surface area (Å²) >= 11 is 0. The highest BCUT2D eigenvalue weighted by Gasteiger charge is 2.02. The summed E-state index contributed by atoms with van der Waals surface area (Å²) in [5, 5.41) is 3.08. The van der Waals surface area contributed by atoms with Crippen LogP contribution in [0.15, 0.2) is 12.1 Å². The van der Waals surface area contributed by atoms with Crippen LogP contribution in [0.2, 0.25) is 0 Å². The van der Waals surface area contributed by atoms with Crippen LogP contribution in [0, 0.1) is 20.8 Å². The average molecular weight is 191 g/mol. The van der Waals surface area contributed by atoms with Crippen LogP contribution in [0.3, 0.4) is 0 Å². The van der Waals surface area contributed by atoms with Gasteiger partial charge in [-0.3, -0.25) is 0 Å². The van der Waals surface area contributed by atoms with E-state index < -0.39 is 0 Å². The lowest BCUT2D eigenvalue weighted by molar-refractivity contribution is -0.107. The van der Waals surface area contributed by atoms with Gasteiger partial charge in [-0.2, -0.15) is 0 Å². The van der Waals surface area contributed by atoms with Gasteiger partial charge in [0.15, 0.2) is 0 Å². The highest BCUT2D eigenvalue weighted by molar-refractivity contribution is 5.52. The first-order valence-electron chi connectivity index (χ1n) is 4.86. The van der Waals surface area contributed by atoms with Crippen LogP contribution in [0.1, 0.15) is 22.3 Å². The van der Waals surface area contributed by atoms with Crippen molar-refractivity contribution in [3.05, 3.63) is 34.4 Å². The number of benzene rings is 1. The van der Waals surface area contributed by atoms with Gasteiger partial charge in [-0.25, -0.2) is 0 Å². The Kier molecular flexibility index (Phi) is 3.84. The topological polar surface area (TPSA) is 29.1 Å². The maximum absolute atomic E-state index is 10.2.